The molecule has 0 atom stereocenters. The van der Waals surface area contributed by atoms with Crippen molar-refractivity contribution in [2.75, 3.05) is 173 Å². The van der Waals surface area contributed by atoms with Crippen molar-refractivity contribution < 1.29 is 70.2 Å². The van der Waals surface area contributed by atoms with E-state index in [-0.39, 0.29) is 12.6 Å². The Bertz CT molecular complexity index is 905. The predicted molar refractivity (Wildman–Crippen MR) is 257 cm³/mol. The lowest BCUT2D eigenvalue weighted by atomic mass is 10.1. The summed E-state index contributed by atoms with van der Waals surface area (Å²) in [6, 6.07) is 0.818. The average Bonchev–Trinajstić information content (AvgIpc) is 3.32. The molecular weight excluding hydrogens is 859 g/mol. The van der Waals surface area contributed by atoms with E-state index in [9.17, 15) is 4.79 Å². The van der Waals surface area contributed by atoms with Crippen molar-refractivity contribution in [2.45, 2.75) is 135 Å². The van der Waals surface area contributed by atoms with Crippen LogP contribution in [0.25, 0.3) is 0 Å². The van der Waals surface area contributed by atoms with Gasteiger partial charge in [0.15, 0.2) is 0 Å². The van der Waals surface area contributed by atoms with E-state index in [0.717, 1.165) is 57.8 Å². The Morgan fingerprint density at radius 1 is 0.338 bits per heavy atom. The first-order chi connectivity index (χ1) is 32.1. The second-order valence-corrected chi connectivity index (χ2v) is 19.0. The van der Waals surface area contributed by atoms with Gasteiger partial charge in [0.25, 0.3) is 0 Å². The lowest BCUT2D eigenvalue weighted by molar-refractivity contribution is -0.145. The number of rotatable bonds is 58. The van der Waals surface area contributed by atoms with Gasteiger partial charge in [-0.2, -0.15) is 0 Å². The van der Waals surface area contributed by atoms with Crippen LogP contribution in [0.5, 0.6) is 0 Å². The largest absolute Gasteiger partial charge is 0.500 e. The van der Waals surface area contributed by atoms with Gasteiger partial charge in [-0.25, -0.2) is 0 Å². The van der Waals surface area contributed by atoms with Gasteiger partial charge in [-0.3, -0.25) is 4.79 Å². The highest BCUT2D eigenvalue weighted by Gasteiger charge is 2.36. The fourth-order valence-corrected chi connectivity index (χ4v) is 8.30. The number of carbonyl (C=O) groups is 1. The Morgan fingerprint density at radius 2 is 0.631 bits per heavy atom. The van der Waals surface area contributed by atoms with Gasteiger partial charge >= 0.3 is 14.8 Å². The maximum absolute atomic E-state index is 12.0. The molecule has 390 valence electrons. The highest BCUT2D eigenvalue weighted by atomic mass is 28.4. The molecule has 0 aliphatic carbocycles. The Labute approximate surface area is 397 Å². The first kappa shape index (κ1) is 64.1. The van der Waals surface area contributed by atoms with Crippen LogP contribution in [0.2, 0.25) is 6.04 Å². The second kappa shape index (κ2) is 55.7. The van der Waals surface area contributed by atoms with Crippen molar-refractivity contribution in [2.24, 2.45) is 0 Å². The second-order valence-electron chi connectivity index (χ2n) is 15.9. The smallest absolute Gasteiger partial charge is 0.463 e. The number of hydrogen-bond donors (Lipinski definition) is 1. The van der Waals surface area contributed by atoms with Crippen LogP contribution in [0.15, 0.2) is 0 Å². The summed E-state index contributed by atoms with van der Waals surface area (Å²) < 4.78 is 77.0. The van der Waals surface area contributed by atoms with Gasteiger partial charge in [-0.05, 0) is 38.8 Å². The topological polar surface area (TPSA) is 158 Å². The van der Waals surface area contributed by atoms with Crippen molar-refractivity contribution in [3.8, 4) is 0 Å². The Hall–Kier alpha value is -0.873. The molecule has 0 saturated heterocycles. The van der Waals surface area contributed by atoms with Crippen LogP contribution in [0, 0.1) is 0 Å². The van der Waals surface area contributed by atoms with Crippen molar-refractivity contribution in [3.63, 3.8) is 0 Å². The van der Waals surface area contributed by atoms with Crippen molar-refractivity contribution in [1.29, 1.82) is 0 Å². The summed E-state index contributed by atoms with van der Waals surface area (Å²) in [6.07, 6.45) is 22.7. The number of esters is 1. The van der Waals surface area contributed by atoms with Crippen LogP contribution in [0.1, 0.15) is 129 Å². The Kier molecular flexibility index (Phi) is 55.0. The summed E-state index contributed by atoms with van der Waals surface area (Å²) in [5.74, 6) is -0.157. The molecule has 0 heterocycles. The zero-order valence-electron chi connectivity index (χ0n) is 42.0. The van der Waals surface area contributed by atoms with E-state index >= 15 is 0 Å². The summed E-state index contributed by atoms with van der Waals surface area (Å²) in [5.41, 5.74) is 0. The van der Waals surface area contributed by atoms with Gasteiger partial charge in [0.2, 0.25) is 0 Å². The molecule has 0 aliphatic rings. The van der Waals surface area contributed by atoms with Crippen LogP contribution < -0.4 is 5.32 Å². The minimum Gasteiger partial charge on any atom is -0.463 e. The molecule has 17 heteroatoms. The van der Waals surface area contributed by atoms with Crippen molar-refractivity contribution in [3.05, 3.63) is 0 Å². The third-order valence-corrected chi connectivity index (χ3v) is 13.3. The standard InChI is InChI=1S/C48H99NO15Si/c1-5-6-7-8-9-10-11-15-18-21-26-54-27-28-55-29-30-56-31-32-57-33-34-58-35-36-59-37-38-60-39-40-61-41-42-62-43-44-63-45-46-64-48(50)23-19-16-13-12-14-17-20-24-49-25-22-47-65(51-2,52-3)53-4/h49H,5-47H2,1-4H3. The van der Waals surface area contributed by atoms with Gasteiger partial charge in [-0.1, -0.05) is 96.8 Å². The van der Waals surface area contributed by atoms with Crippen molar-refractivity contribution in [1.82, 2.24) is 5.32 Å². The Balaban J connectivity index is 3.17. The molecule has 0 aromatic rings. The molecule has 1 N–H and O–H groups in total. The van der Waals surface area contributed by atoms with E-state index in [1.54, 1.807) is 21.3 Å². The molecule has 0 aliphatic heterocycles. The molecule has 0 fully saturated rings. The van der Waals surface area contributed by atoms with E-state index in [1.165, 1.54) is 83.5 Å². The molecule has 0 radical (unpaired) electrons. The lowest BCUT2D eigenvalue weighted by Crippen LogP contribution is -2.43. The summed E-state index contributed by atoms with van der Waals surface area (Å²) in [7, 11) is 2.51. The third-order valence-electron chi connectivity index (χ3n) is 10.5. The first-order valence-corrected chi connectivity index (χ1v) is 27.4. The number of hydrogen-bond acceptors (Lipinski definition) is 16. The SMILES string of the molecule is CCCCCCCCCCCCOCCOCCOCCOCCOCCOCCOCCOCCOCCOCCOC(=O)CCCCCCCCCNCCC[Si](OC)(OC)OC. The van der Waals surface area contributed by atoms with E-state index in [4.69, 9.17) is 65.4 Å². The molecule has 0 aromatic carbocycles. The summed E-state index contributed by atoms with van der Waals surface area (Å²) in [4.78, 5) is 12.0. The number of carbonyl (C=O) groups excluding carboxylic acids is 1. The molecule has 0 rings (SSSR count). The fraction of sp³-hybridized carbons (Fsp3) is 0.979. The summed E-state index contributed by atoms with van der Waals surface area (Å²) in [6.45, 7) is 15.0. The van der Waals surface area contributed by atoms with Crippen LogP contribution in [-0.2, 0) is 70.2 Å². The monoisotopic (exact) mass is 958 g/mol. The fourth-order valence-electron chi connectivity index (χ4n) is 6.57. The highest BCUT2D eigenvalue weighted by molar-refractivity contribution is 6.60. The van der Waals surface area contributed by atoms with Crippen molar-refractivity contribution >= 4 is 14.8 Å². The number of unbranched alkanes of at least 4 members (excludes halogenated alkanes) is 15. The maximum atomic E-state index is 12.0. The molecule has 0 unspecified atom stereocenters. The molecule has 0 saturated carbocycles. The summed E-state index contributed by atoms with van der Waals surface area (Å²) >= 11 is 0. The normalized spacial score (nSPS) is 11.9. The quantitative estimate of drug-likeness (QED) is 0.0361. The predicted octanol–water partition coefficient (Wildman–Crippen LogP) is 7.60. The zero-order chi connectivity index (χ0) is 47.1. The molecule has 0 spiro atoms. The van der Waals surface area contributed by atoms with Crippen LogP contribution >= 0.6 is 0 Å². The first-order valence-electron chi connectivity index (χ1n) is 25.4. The van der Waals surface area contributed by atoms with E-state index in [0.29, 0.717) is 132 Å². The number of ether oxygens (including phenoxy) is 11. The number of nitrogens with one attached hydrogen (secondary N) is 1. The van der Waals surface area contributed by atoms with Crippen LogP contribution in [-0.4, -0.2) is 188 Å². The minimum absolute atomic E-state index is 0.157. The van der Waals surface area contributed by atoms with Crippen LogP contribution in [0.3, 0.4) is 0 Å². The van der Waals surface area contributed by atoms with E-state index in [2.05, 4.69) is 12.2 Å². The molecule has 16 nitrogen and oxygen atoms in total. The lowest BCUT2D eigenvalue weighted by Gasteiger charge is -2.24. The summed E-state index contributed by atoms with van der Waals surface area (Å²) in [5, 5.41) is 3.49. The molecular formula is C48H99NO15Si. The van der Waals surface area contributed by atoms with E-state index < -0.39 is 8.80 Å². The minimum atomic E-state index is -2.45. The highest BCUT2D eigenvalue weighted by Crippen LogP contribution is 2.15. The Morgan fingerprint density at radius 3 is 1.00 bits per heavy atom. The molecule has 0 aromatic heterocycles. The van der Waals surface area contributed by atoms with Gasteiger partial charge < -0.3 is 70.7 Å². The molecule has 65 heavy (non-hydrogen) atoms. The molecule has 0 bridgehead atoms. The maximum Gasteiger partial charge on any atom is 0.500 e. The third kappa shape index (κ3) is 50.8. The average molecular weight is 958 g/mol. The van der Waals surface area contributed by atoms with Crippen LogP contribution in [0.4, 0.5) is 0 Å². The van der Waals surface area contributed by atoms with E-state index in [1.807, 2.05) is 0 Å². The molecule has 0 amide bonds. The van der Waals surface area contributed by atoms with Gasteiger partial charge in [0, 0.05) is 40.4 Å². The van der Waals surface area contributed by atoms with Gasteiger partial charge in [0.05, 0.1) is 126 Å². The van der Waals surface area contributed by atoms with Gasteiger partial charge in [0.1, 0.15) is 6.61 Å². The zero-order valence-corrected chi connectivity index (χ0v) is 43.0. The van der Waals surface area contributed by atoms with Gasteiger partial charge in [-0.15, -0.1) is 0 Å².